The largest absolute Gasteiger partial charge is 0.468 e. The van der Waals surface area contributed by atoms with Crippen LogP contribution in [0.3, 0.4) is 0 Å². The summed E-state index contributed by atoms with van der Waals surface area (Å²) in [5, 5.41) is 0. The highest BCUT2D eigenvalue weighted by atomic mass is 32.2. The van der Waals surface area contributed by atoms with E-state index in [4.69, 9.17) is 4.74 Å². The van der Waals surface area contributed by atoms with Gasteiger partial charge in [-0.25, -0.2) is 4.79 Å². The Labute approximate surface area is 237 Å². The Bertz CT molecular complexity index is 1570. The van der Waals surface area contributed by atoms with Gasteiger partial charge >= 0.3 is 11.7 Å². The van der Waals surface area contributed by atoms with Crippen molar-refractivity contribution in [2.24, 2.45) is 14.1 Å². The molecule has 2 aliphatic heterocycles. The van der Waals surface area contributed by atoms with Gasteiger partial charge in [-0.15, -0.1) is 0 Å². The van der Waals surface area contributed by atoms with Crippen LogP contribution in [0.4, 0.5) is 17.2 Å². The minimum Gasteiger partial charge on any atom is -0.468 e. The maximum absolute atomic E-state index is 12.6. The SMILES string of the molecule is COC(=O)C1(c2ccc3c(c2)N(CCCN2CCN(c4cc(=O)n(C)c(=O)n4C)CC2)c2ccccc2S3)CC1. The summed E-state index contributed by atoms with van der Waals surface area (Å²) >= 11 is 1.78. The summed E-state index contributed by atoms with van der Waals surface area (Å²) in [5.41, 5.74) is 2.34. The van der Waals surface area contributed by atoms with Crippen molar-refractivity contribution in [3.63, 3.8) is 0 Å². The van der Waals surface area contributed by atoms with Crippen molar-refractivity contribution in [1.82, 2.24) is 14.0 Å². The van der Waals surface area contributed by atoms with Gasteiger partial charge in [0.25, 0.3) is 5.56 Å². The number of benzene rings is 2. The number of hydrogen-bond acceptors (Lipinski definition) is 8. The molecule has 0 bridgehead atoms. The zero-order valence-corrected chi connectivity index (χ0v) is 24.1. The number of nitrogens with zero attached hydrogens (tertiary/aromatic N) is 5. The highest BCUT2D eigenvalue weighted by molar-refractivity contribution is 7.99. The lowest BCUT2D eigenvalue weighted by molar-refractivity contribution is -0.143. The third-order valence-electron chi connectivity index (χ3n) is 8.56. The maximum Gasteiger partial charge on any atom is 0.332 e. The first-order valence-corrected chi connectivity index (χ1v) is 14.7. The fourth-order valence-electron chi connectivity index (χ4n) is 5.98. The second kappa shape index (κ2) is 10.5. The van der Waals surface area contributed by atoms with Crippen LogP contribution in [0.15, 0.2) is 67.9 Å². The molecule has 0 atom stereocenters. The molecule has 1 saturated carbocycles. The van der Waals surface area contributed by atoms with Crippen molar-refractivity contribution < 1.29 is 9.53 Å². The number of carbonyl (C=O) groups excluding carboxylic acids is 1. The first kappa shape index (κ1) is 26.7. The molecule has 1 aliphatic carbocycles. The van der Waals surface area contributed by atoms with Crippen LogP contribution in [0.25, 0.3) is 0 Å². The number of aromatic nitrogens is 2. The summed E-state index contributed by atoms with van der Waals surface area (Å²) in [6, 6.07) is 16.5. The molecule has 0 spiro atoms. The van der Waals surface area contributed by atoms with E-state index in [-0.39, 0.29) is 17.2 Å². The fourth-order valence-corrected chi connectivity index (χ4v) is 7.05. The number of fused-ring (bicyclic) bond motifs is 2. The average molecular weight is 562 g/mol. The molecule has 210 valence electrons. The van der Waals surface area contributed by atoms with Gasteiger partial charge in [-0.3, -0.25) is 23.6 Å². The number of esters is 1. The van der Waals surface area contributed by atoms with E-state index in [1.165, 1.54) is 29.6 Å². The highest BCUT2D eigenvalue weighted by Crippen LogP contribution is 2.53. The minimum atomic E-state index is -0.497. The van der Waals surface area contributed by atoms with Gasteiger partial charge in [-0.2, -0.15) is 0 Å². The van der Waals surface area contributed by atoms with Crippen LogP contribution in [0.2, 0.25) is 0 Å². The van der Waals surface area contributed by atoms with Gasteiger partial charge in [0, 0.05) is 62.7 Å². The summed E-state index contributed by atoms with van der Waals surface area (Å²) in [5.74, 6) is 0.543. The summed E-state index contributed by atoms with van der Waals surface area (Å²) < 4.78 is 7.84. The van der Waals surface area contributed by atoms with Crippen molar-refractivity contribution in [2.75, 3.05) is 56.2 Å². The molecule has 0 unspecified atom stereocenters. The van der Waals surface area contributed by atoms with E-state index in [1.54, 1.807) is 29.4 Å². The van der Waals surface area contributed by atoms with Gasteiger partial charge in [0.15, 0.2) is 0 Å². The van der Waals surface area contributed by atoms with Crippen LogP contribution in [-0.4, -0.2) is 66.4 Å². The predicted molar refractivity (Wildman–Crippen MR) is 157 cm³/mol. The minimum absolute atomic E-state index is 0.141. The number of hydrogen-bond donors (Lipinski definition) is 0. The monoisotopic (exact) mass is 561 g/mol. The molecule has 3 aromatic rings. The van der Waals surface area contributed by atoms with Crippen molar-refractivity contribution in [1.29, 1.82) is 0 Å². The Morgan fingerprint density at radius 3 is 2.35 bits per heavy atom. The number of methoxy groups -OCH3 is 1. The van der Waals surface area contributed by atoms with Crippen molar-refractivity contribution >= 4 is 34.9 Å². The van der Waals surface area contributed by atoms with Crippen molar-refractivity contribution in [2.45, 2.75) is 34.5 Å². The van der Waals surface area contributed by atoms with E-state index in [0.29, 0.717) is 5.82 Å². The Hall–Kier alpha value is -3.50. The number of carbonyl (C=O) groups is 1. The molecule has 6 rings (SSSR count). The van der Waals surface area contributed by atoms with E-state index < -0.39 is 5.41 Å². The first-order chi connectivity index (χ1) is 19.3. The number of rotatable bonds is 7. The van der Waals surface area contributed by atoms with E-state index in [2.05, 4.69) is 57.2 Å². The molecule has 40 heavy (non-hydrogen) atoms. The van der Waals surface area contributed by atoms with Gasteiger partial charge in [0.05, 0.1) is 23.9 Å². The molecule has 10 heteroatoms. The second-order valence-electron chi connectivity index (χ2n) is 10.9. The summed E-state index contributed by atoms with van der Waals surface area (Å²) in [7, 11) is 4.70. The number of para-hydroxylation sites is 1. The zero-order chi connectivity index (χ0) is 28.0. The lowest BCUT2D eigenvalue weighted by atomic mass is 9.95. The van der Waals surface area contributed by atoms with Gasteiger partial charge in [-0.05, 0) is 55.6 Å². The Morgan fingerprint density at radius 1 is 0.900 bits per heavy atom. The smallest absolute Gasteiger partial charge is 0.332 e. The Kier molecular flexibility index (Phi) is 7.00. The first-order valence-electron chi connectivity index (χ1n) is 13.8. The van der Waals surface area contributed by atoms with Crippen molar-refractivity contribution in [3.05, 3.63) is 74.9 Å². The number of ether oxygens (including phenoxy) is 1. The van der Waals surface area contributed by atoms with E-state index >= 15 is 0 Å². The molecular formula is C30H35N5O4S. The van der Waals surface area contributed by atoms with Gasteiger partial charge < -0.3 is 14.5 Å². The highest BCUT2D eigenvalue weighted by Gasteiger charge is 2.52. The third kappa shape index (κ3) is 4.62. The fraction of sp³-hybridized carbons (Fsp3) is 0.433. The molecule has 2 aromatic carbocycles. The predicted octanol–water partition coefficient (Wildman–Crippen LogP) is 3.10. The molecule has 0 amide bonds. The van der Waals surface area contributed by atoms with Crippen LogP contribution in [-0.2, 0) is 29.0 Å². The molecule has 3 heterocycles. The van der Waals surface area contributed by atoms with Crippen LogP contribution in [0.5, 0.6) is 0 Å². The van der Waals surface area contributed by atoms with Crippen LogP contribution >= 0.6 is 11.8 Å². The van der Waals surface area contributed by atoms with Crippen LogP contribution in [0, 0.1) is 0 Å². The standard InChI is InChI=1S/C30H35N5O4S/c1-31-26(20-27(36)32(2)29(31)38)34-17-15-33(16-18-34)13-6-14-35-22-7-4-5-8-24(22)40-25-10-9-21(19-23(25)35)30(11-12-30)28(37)39-3/h4-5,7-10,19-20H,6,11-18H2,1-3H3. The van der Waals surface area contributed by atoms with E-state index in [0.717, 1.165) is 74.3 Å². The van der Waals surface area contributed by atoms with E-state index in [1.807, 2.05) is 0 Å². The second-order valence-corrected chi connectivity index (χ2v) is 12.0. The Morgan fingerprint density at radius 2 is 1.62 bits per heavy atom. The lowest BCUT2D eigenvalue weighted by Gasteiger charge is -2.37. The topological polar surface area (TPSA) is 80.0 Å². The Balaban J connectivity index is 1.15. The van der Waals surface area contributed by atoms with Gasteiger partial charge in [0.1, 0.15) is 5.82 Å². The quantitative estimate of drug-likeness (QED) is 0.408. The van der Waals surface area contributed by atoms with Crippen LogP contribution < -0.4 is 21.0 Å². The number of anilines is 3. The van der Waals surface area contributed by atoms with E-state index in [9.17, 15) is 14.4 Å². The molecule has 0 radical (unpaired) electrons. The molecule has 9 nitrogen and oxygen atoms in total. The third-order valence-corrected chi connectivity index (χ3v) is 9.69. The molecule has 0 N–H and O–H groups in total. The van der Waals surface area contributed by atoms with Crippen molar-refractivity contribution in [3.8, 4) is 0 Å². The lowest BCUT2D eigenvalue weighted by Crippen LogP contribution is -2.49. The maximum atomic E-state index is 12.6. The molecule has 2 fully saturated rings. The van der Waals surface area contributed by atoms with Gasteiger partial charge in [0.2, 0.25) is 0 Å². The average Bonchev–Trinajstić information content (AvgIpc) is 3.79. The normalized spacial score (nSPS) is 17.8. The van der Waals surface area contributed by atoms with Crippen LogP contribution in [0.1, 0.15) is 24.8 Å². The molecular weight excluding hydrogens is 526 g/mol. The molecule has 1 saturated heterocycles. The summed E-state index contributed by atoms with van der Waals surface area (Å²) in [6.45, 7) is 5.10. The molecule has 1 aromatic heterocycles. The van der Waals surface area contributed by atoms with Gasteiger partial charge in [-0.1, -0.05) is 30.0 Å². The zero-order valence-electron chi connectivity index (χ0n) is 23.3. The summed E-state index contributed by atoms with van der Waals surface area (Å²) in [6.07, 6.45) is 2.65. The summed E-state index contributed by atoms with van der Waals surface area (Å²) in [4.78, 5) is 46.6. The number of piperazine rings is 1. The molecule has 3 aliphatic rings.